The van der Waals surface area contributed by atoms with Crippen LogP contribution in [0.1, 0.15) is 12.5 Å². The van der Waals surface area contributed by atoms with Crippen LogP contribution in [0.3, 0.4) is 0 Å². The van der Waals surface area contributed by atoms with Crippen LogP contribution in [-0.4, -0.2) is 9.13 Å². The maximum Gasteiger partial charge on any atom is 0.0562 e. The molecule has 0 aliphatic carbocycles. The number of benzene rings is 9. The molecule has 0 unspecified atom stereocenters. The van der Waals surface area contributed by atoms with E-state index in [1.165, 1.54) is 92.8 Å². The third-order valence-corrected chi connectivity index (χ3v) is 11.4. The highest BCUT2D eigenvalue weighted by atomic mass is 15.0. The van der Waals surface area contributed by atoms with Gasteiger partial charge in [0.05, 0.1) is 16.6 Å². The molecule has 258 valence electrons. The highest BCUT2D eigenvalue weighted by Gasteiger charge is 2.19. The molecule has 0 bridgehead atoms. The third-order valence-electron chi connectivity index (χ3n) is 11.4. The van der Waals surface area contributed by atoms with Crippen LogP contribution in [0.2, 0.25) is 0 Å². The highest BCUT2D eigenvalue weighted by molar-refractivity contribution is 6.25. The minimum absolute atomic E-state index is 1.14. The van der Waals surface area contributed by atoms with E-state index < -0.39 is 0 Å². The Morgan fingerprint density at radius 1 is 0.345 bits per heavy atom. The zero-order chi connectivity index (χ0) is 36.5. The van der Waals surface area contributed by atoms with Gasteiger partial charge in [-0.2, -0.15) is 0 Å². The second-order valence-corrected chi connectivity index (χ2v) is 14.5. The van der Waals surface area contributed by atoms with Gasteiger partial charge < -0.3 is 9.13 Å². The van der Waals surface area contributed by atoms with Crippen LogP contribution < -0.4 is 0 Å². The Hall–Kier alpha value is -7.16. The molecule has 0 saturated heterocycles. The lowest BCUT2D eigenvalue weighted by atomic mass is 9.94. The molecule has 55 heavy (non-hydrogen) atoms. The van der Waals surface area contributed by atoms with Gasteiger partial charge in [-0.15, -0.1) is 0 Å². The van der Waals surface area contributed by atoms with E-state index in [4.69, 9.17) is 0 Å². The van der Waals surface area contributed by atoms with Crippen molar-refractivity contribution in [1.82, 2.24) is 9.13 Å². The molecule has 2 heterocycles. The van der Waals surface area contributed by atoms with Crippen molar-refractivity contribution < 1.29 is 0 Å². The first-order chi connectivity index (χ1) is 27.2. The summed E-state index contributed by atoms with van der Waals surface area (Å²) in [6, 6.07) is 66.8. The molecule has 0 N–H and O–H groups in total. The van der Waals surface area contributed by atoms with E-state index in [0.717, 1.165) is 11.4 Å². The predicted octanol–water partition coefficient (Wildman–Crippen LogP) is 14.6. The first kappa shape index (κ1) is 31.4. The molecule has 11 rings (SSSR count). The zero-order valence-corrected chi connectivity index (χ0v) is 30.4. The van der Waals surface area contributed by atoms with Crippen LogP contribution in [0, 0.1) is 0 Å². The summed E-state index contributed by atoms with van der Waals surface area (Å²) >= 11 is 0. The molecule has 0 amide bonds. The van der Waals surface area contributed by atoms with Gasteiger partial charge in [0, 0.05) is 39.3 Å². The Balaban J connectivity index is 1.21. The smallest absolute Gasteiger partial charge is 0.0562 e. The minimum Gasteiger partial charge on any atom is -0.316 e. The Kier molecular flexibility index (Phi) is 7.11. The van der Waals surface area contributed by atoms with E-state index >= 15 is 0 Å². The maximum atomic E-state index is 2.47. The fourth-order valence-electron chi connectivity index (χ4n) is 8.90. The fourth-order valence-corrected chi connectivity index (χ4v) is 8.90. The monoisotopic (exact) mass is 700 g/mol. The van der Waals surface area contributed by atoms with Crippen LogP contribution in [0.4, 0.5) is 0 Å². The van der Waals surface area contributed by atoms with Gasteiger partial charge in [0.15, 0.2) is 0 Å². The van der Waals surface area contributed by atoms with Crippen molar-refractivity contribution in [3.05, 3.63) is 200 Å². The second-order valence-electron chi connectivity index (χ2n) is 14.5. The second kappa shape index (κ2) is 12.5. The average Bonchev–Trinajstić information content (AvgIpc) is 3.78. The quantitative estimate of drug-likeness (QED) is 0.158. The van der Waals surface area contributed by atoms with E-state index in [1.54, 1.807) is 0 Å². The molecule has 0 fully saturated rings. The summed E-state index contributed by atoms with van der Waals surface area (Å²) in [5.41, 5.74) is 11.8. The topological polar surface area (TPSA) is 9.86 Å². The number of nitrogens with zero attached hydrogens (tertiary/aromatic N) is 2. The number of rotatable bonds is 5. The lowest BCUT2D eigenvalue weighted by molar-refractivity contribution is 1.13. The lowest BCUT2D eigenvalue weighted by Gasteiger charge is -2.15. The number of fused-ring (bicyclic) bond motifs is 10. The van der Waals surface area contributed by atoms with Crippen molar-refractivity contribution in [2.75, 3.05) is 0 Å². The summed E-state index contributed by atoms with van der Waals surface area (Å²) in [4.78, 5) is 0. The Morgan fingerprint density at radius 3 is 1.51 bits per heavy atom. The molecule has 0 saturated carbocycles. The van der Waals surface area contributed by atoms with Gasteiger partial charge in [-0.25, -0.2) is 0 Å². The van der Waals surface area contributed by atoms with Gasteiger partial charge >= 0.3 is 0 Å². The number of hydrogen-bond acceptors (Lipinski definition) is 0. The van der Waals surface area contributed by atoms with Crippen molar-refractivity contribution >= 4 is 71.1 Å². The van der Waals surface area contributed by atoms with Crippen molar-refractivity contribution in [1.29, 1.82) is 0 Å². The van der Waals surface area contributed by atoms with Crippen molar-refractivity contribution in [2.45, 2.75) is 6.92 Å². The summed E-state index contributed by atoms with van der Waals surface area (Å²) in [5, 5.41) is 11.4. The standard InChI is InChI=1S/C53H36N2/c1-2-15-37-34-54(40-26-27-46-44-22-10-9-20-42(44)43-21-11-12-23-45(43)49(46)31-40)52-33-53-50(32-48(37)52)47-24-13-14-25-51(47)55(53)41-29-38(35-16-5-3-6-17-35)28-39(30-41)36-18-7-4-8-19-36/h2-34H,1H3/b15-2-. The molecule has 0 atom stereocenters. The maximum absolute atomic E-state index is 2.47. The van der Waals surface area contributed by atoms with Gasteiger partial charge in [0.25, 0.3) is 0 Å². The first-order valence-electron chi connectivity index (χ1n) is 19.0. The number of allylic oxidation sites excluding steroid dienone is 1. The van der Waals surface area contributed by atoms with Crippen LogP contribution in [0.5, 0.6) is 0 Å². The summed E-state index contributed by atoms with van der Waals surface area (Å²) < 4.78 is 4.86. The minimum atomic E-state index is 1.14. The molecule has 2 aromatic heterocycles. The molecule has 11 aromatic rings. The summed E-state index contributed by atoms with van der Waals surface area (Å²) in [5.74, 6) is 0. The van der Waals surface area contributed by atoms with E-state index in [0.29, 0.717) is 0 Å². The summed E-state index contributed by atoms with van der Waals surface area (Å²) in [7, 11) is 0. The van der Waals surface area contributed by atoms with Crippen LogP contribution in [-0.2, 0) is 0 Å². The number of hydrogen-bond donors (Lipinski definition) is 0. The van der Waals surface area contributed by atoms with Crippen molar-refractivity contribution in [3.63, 3.8) is 0 Å². The van der Waals surface area contributed by atoms with E-state index in [9.17, 15) is 0 Å². The molecule has 0 radical (unpaired) electrons. The highest BCUT2D eigenvalue weighted by Crippen LogP contribution is 2.41. The van der Waals surface area contributed by atoms with Crippen LogP contribution in [0.25, 0.3) is 105 Å². The number of aromatic nitrogens is 2. The molecule has 2 nitrogen and oxygen atoms in total. The Morgan fingerprint density at radius 2 is 0.891 bits per heavy atom. The molecule has 0 aliphatic rings. The molecule has 0 aliphatic heterocycles. The van der Waals surface area contributed by atoms with Crippen molar-refractivity contribution in [3.8, 4) is 33.6 Å². The lowest BCUT2D eigenvalue weighted by Crippen LogP contribution is -1.97. The van der Waals surface area contributed by atoms with Crippen molar-refractivity contribution in [2.24, 2.45) is 0 Å². The average molecular weight is 701 g/mol. The predicted molar refractivity (Wildman–Crippen MR) is 236 cm³/mol. The SMILES string of the molecule is C/C=C\c1cn(-c2ccc3c4ccccc4c4ccccc4c3c2)c2cc3c(cc12)c1ccccc1n3-c1cc(-c2ccccc2)cc(-c2ccccc2)c1. The van der Waals surface area contributed by atoms with Gasteiger partial charge in [0.1, 0.15) is 0 Å². The molecular formula is C53H36N2. The van der Waals surface area contributed by atoms with Gasteiger partial charge in [-0.3, -0.25) is 0 Å². The zero-order valence-electron chi connectivity index (χ0n) is 30.4. The Labute approximate surface area is 319 Å². The molecule has 2 heteroatoms. The Bertz CT molecular complexity index is 3210. The van der Waals surface area contributed by atoms with E-state index in [1.807, 2.05) is 0 Å². The van der Waals surface area contributed by atoms with Crippen LogP contribution >= 0.6 is 0 Å². The fraction of sp³-hybridized carbons (Fsp3) is 0.0189. The third kappa shape index (κ3) is 4.96. The number of para-hydroxylation sites is 1. The molecule has 0 spiro atoms. The summed E-state index contributed by atoms with van der Waals surface area (Å²) in [6.07, 6.45) is 6.69. The normalized spacial score (nSPS) is 12.0. The largest absolute Gasteiger partial charge is 0.316 e. The van der Waals surface area contributed by atoms with Gasteiger partial charge in [-0.05, 0) is 110 Å². The molecule has 9 aromatic carbocycles. The first-order valence-corrected chi connectivity index (χ1v) is 19.0. The summed E-state index contributed by atoms with van der Waals surface area (Å²) in [6.45, 7) is 2.10. The molecular weight excluding hydrogens is 665 g/mol. The van der Waals surface area contributed by atoms with Gasteiger partial charge in [0.2, 0.25) is 0 Å². The van der Waals surface area contributed by atoms with E-state index in [-0.39, 0.29) is 0 Å². The van der Waals surface area contributed by atoms with Crippen LogP contribution in [0.15, 0.2) is 194 Å². The van der Waals surface area contributed by atoms with E-state index in [2.05, 4.69) is 216 Å². The van der Waals surface area contributed by atoms with Gasteiger partial charge in [-0.1, -0.05) is 146 Å².